The molecule has 0 saturated carbocycles. The number of carbonyl (C=O) groups is 1. The molecule has 0 aromatic heterocycles. The van der Waals surface area contributed by atoms with Crippen molar-refractivity contribution in [1.29, 1.82) is 0 Å². The third-order valence-electron chi connectivity index (χ3n) is 4.82. The van der Waals surface area contributed by atoms with Crippen molar-refractivity contribution in [1.82, 2.24) is 9.62 Å². The zero-order valence-electron chi connectivity index (χ0n) is 16.6. The van der Waals surface area contributed by atoms with E-state index in [-0.39, 0.29) is 23.2 Å². The van der Waals surface area contributed by atoms with E-state index in [1.54, 1.807) is 43.4 Å². The summed E-state index contributed by atoms with van der Waals surface area (Å²) in [6.07, 6.45) is 2.59. The summed E-state index contributed by atoms with van der Waals surface area (Å²) in [5, 5.41) is 0. The molecule has 2 aromatic carbocycles. The fourth-order valence-electron chi connectivity index (χ4n) is 3.21. The first-order valence-electron chi connectivity index (χ1n) is 9.62. The van der Waals surface area contributed by atoms with Gasteiger partial charge in [-0.25, -0.2) is 12.8 Å². The Bertz CT molecular complexity index is 1070. The van der Waals surface area contributed by atoms with Gasteiger partial charge in [-0.1, -0.05) is 34.5 Å². The molecule has 0 atom stereocenters. The van der Waals surface area contributed by atoms with Crippen LogP contribution in [0.5, 0.6) is 0 Å². The van der Waals surface area contributed by atoms with E-state index in [2.05, 4.69) is 25.6 Å². The number of nitrogens with one attached hydrogen (secondary N) is 1. The summed E-state index contributed by atoms with van der Waals surface area (Å²) in [6, 6.07) is 11.4. The van der Waals surface area contributed by atoms with Crippen LogP contribution in [-0.4, -0.2) is 38.7 Å². The van der Waals surface area contributed by atoms with E-state index >= 15 is 0 Å². The average Bonchev–Trinajstić information content (AvgIpc) is 2.97. The number of aliphatic imine (C=N–C) groups is 1. The molecule has 0 aliphatic carbocycles. The van der Waals surface area contributed by atoms with E-state index in [9.17, 15) is 17.6 Å². The van der Waals surface area contributed by atoms with Crippen molar-refractivity contribution < 1.29 is 17.6 Å². The third-order valence-corrected chi connectivity index (χ3v) is 6.71. The zero-order chi connectivity index (χ0) is 21.7. The maximum atomic E-state index is 13.8. The van der Waals surface area contributed by atoms with Crippen LogP contribution in [0, 0.1) is 5.82 Å². The van der Waals surface area contributed by atoms with Crippen molar-refractivity contribution in [2.24, 2.45) is 4.99 Å². The van der Waals surface area contributed by atoms with Crippen molar-refractivity contribution in [3.8, 4) is 0 Å². The van der Waals surface area contributed by atoms with Crippen LogP contribution in [0.1, 0.15) is 36.8 Å². The first-order valence-corrected chi connectivity index (χ1v) is 11.9. The normalized spacial score (nSPS) is 15.6. The van der Waals surface area contributed by atoms with Crippen LogP contribution in [0.2, 0.25) is 0 Å². The van der Waals surface area contributed by atoms with Crippen molar-refractivity contribution in [3.63, 3.8) is 0 Å². The van der Waals surface area contributed by atoms with Gasteiger partial charge in [-0.3, -0.25) is 14.5 Å². The molecular formula is C21H23BrFN3O3S. The van der Waals surface area contributed by atoms with Gasteiger partial charge in [0.05, 0.1) is 4.90 Å². The van der Waals surface area contributed by atoms with E-state index in [4.69, 9.17) is 0 Å². The Morgan fingerprint density at radius 3 is 2.73 bits per heavy atom. The standard InChI is InChI=1S/C21H23BrFN3O3S/c1-26(14-15-13-16(22)10-11-18(15)23)20(27)9-3-2-6-12-24-21-17-7-4-5-8-19(17)30(28,29)25-21/h4-5,7-8,10-11,13H,2-3,6,9,12,14H2,1H3,(H,24,25). The fraction of sp³-hybridized carbons (Fsp3) is 0.333. The summed E-state index contributed by atoms with van der Waals surface area (Å²) in [7, 11) is -1.85. The molecule has 0 fully saturated rings. The van der Waals surface area contributed by atoms with Gasteiger partial charge in [-0.05, 0) is 43.2 Å². The van der Waals surface area contributed by atoms with Crippen LogP contribution in [-0.2, 0) is 21.4 Å². The molecule has 0 saturated heterocycles. The SMILES string of the molecule is CN(Cc1cc(Br)ccc1F)C(=O)CCCCCN=C1NS(=O)(=O)c2ccccc21. The quantitative estimate of drug-likeness (QED) is 0.564. The van der Waals surface area contributed by atoms with E-state index in [0.29, 0.717) is 36.3 Å². The Morgan fingerprint density at radius 2 is 1.93 bits per heavy atom. The minimum atomic E-state index is -3.52. The molecule has 1 aliphatic rings. The highest BCUT2D eigenvalue weighted by molar-refractivity contribution is 9.10. The number of amidine groups is 1. The fourth-order valence-corrected chi connectivity index (χ4v) is 4.87. The number of unbranched alkanes of at least 4 members (excludes halogenated alkanes) is 2. The lowest BCUT2D eigenvalue weighted by Crippen LogP contribution is -2.26. The van der Waals surface area contributed by atoms with Gasteiger partial charge in [0, 0.05) is 42.2 Å². The van der Waals surface area contributed by atoms with Crippen LogP contribution in [0.15, 0.2) is 56.8 Å². The molecule has 0 radical (unpaired) electrons. The molecular weight excluding hydrogens is 473 g/mol. The summed E-state index contributed by atoms with van der Waals surface area (Å²) >= 11 is 3.31. The smallest absolute Gasteiger partial charge is 0.263 e. The van der Waals surface area contributed by atoms with Crippen LogP contribution in [0.3, 0.4) is 0 Å². The Balaban J connectivity index is 1.42. The van der Waals surface area contributed by atoms with Crippen molar-refractivity contribution >= 4 is 37.7 Å². The van der Waals surface area contributed by atoms with Gasteiger partial charge >= 0.3 is 0 Å². The lowest BCUT2D eigenvalue weighted by atomic mass is 10.1. The largest absolute Gasteiger partial charge is 0.341 e. The number of hydrogen-bond donors (Lipinski definition) is 1. The molecule has 3 rings (SSSR count). The number of sulfonamides is 1. The second-order valence-corrected chi connectivity index (χ2v) is 9.69. The van der Waals surface area contributed by atoms with Gasteiger partial charge in [0.15, 0.2) is 0 Å². The monoisotopic (exact) mass is 495 g/mol. The molecule has 160 valence electrons. The molecule has 30 heavy (non-hydrogen) atoms. The Hall–Kier alpha value is -2.26. The average molecular weight is 496 g/mol. The minimum Gasteiger partial charge on any atom is -0.341 e. The van der Waals surface area contributed by atoms with Gasteiger partial charge in [-0.2, -0.15) is 0 Å². The number of nitrogens with zero attached hydrogens (tertiary/aromatic N) is 2. The summed E-state index contributed by atoms with van der Waals surface area (Å²) in [4.78, 5) is 18.4. The van der Waals surface area contributed by atoms with Gasteiger partial charge < -0.3 is 4.90 Å². The Morgan fingerprint density at radius 1 is 1.17 bits per heavy atom. The molecule has 6 nitrogen and oxygen atoms in total. The zero-order valence-corrected chi connectivity index (χ0v) is 19.0. The van der Waals surface area contributed by atoms with Crippen LogP contribution in [0.25, 0.3) is 0 Å². The molecule has 1 N–H and O–H groups in total. The number of carbonyl (C=O) groups excluding carboxylic acids is 1. The number of hydrogen-bond acceptors (Lipinski definition) is 4. The number of benzene rings is 2. The maximum absolute atomic E-state index is 13.8. The molecule has 2 aromatic rings. The van der Waals surface area contributed by atoms with Gasteiger partial charge in [0.1, 0.15) is 11.7 Å². The number of halogens is 2. The first kappa shape index (κ1) is 22.4. The number of rotatable bonds is 8. The molecule has 1 amide bonds. The van der Waals surface area contributed by atoms with E-state index < -0.39 is 10.0 Å². The lowest BCUT2D eigenvalue weighted by Gasteiger charge is -2.18. The van der Waals surface area contributed by atoms with E-state index in [0.717, 1.165) is 17.3 Å². The topological polar surface area (TPSA) is 78.8 Å². The molecule has 9 heteroatoms. The van der Waals surface area contributed by atoms with E-state index in [1.807, 2.05) is 0 Å². The summed E-state index contributed by atoms with van der Waals surface area (Å²) in [6.45, 7) is 0.691. The molecule has 0 unspecified atom stereocenters. The lowest BCUT2D eigenvalue weighted by molar-refractivity contribution is -0.130. The number of fused-ring (bicyclic) bond motifs is 1. The molecule has 1 heterocycles. The van der Waals surface area contributed by atoms with Gasteiger partial charge in [-0.15, -0.1) is 0 Å². The summed E-state index contributed by atoms with van der Waals surface area (Å²) in [5.41, 5.74) is 1.06. The van der Waals surface area contributed by atoms with Crippen LogP contribution in [0.4, 0.5) is 4.39 Å². The van der Waals surface area contributed by atoms with Gasteiger partial charge in [0.25, 0.3) is 10.0 Å². The molecule has 0 spiro atoms. The summed E-state index contributed by atoms with van der Waals surface area (Å²) in [5.74, 6) is -0.00306. The highest BCUT2D eigenvalue weighted by Gasteiger charge is 2.29. The highest BCUT2D eigenvalue weighted by Crippen LogP contribution is 2.22. The highest BCUT2D eigenvalue weighted by atomic mass is 79.9. The Kier molecular flexibility index (Phi) is 7.25. The maximum Gasteiger partial charge on any atom is 0.263 e. The Labute approximate surface area is 184 Å². The predicted octanol–water partition coefficient (Wildman–Crippen LogP) is 3.85. The van der Waals surface area contributed by atoms with Gasteiger partial charge in [0.2, 0.25) is 5.91 Å². The number of amides is 1. The third kappa shape index (κ3) is 5.46. The second-order valence-electron chi connectivity index (χ2n) is 7.13. The first-order chi connectivity index (χ1) is 14.3. The molecule has 1 aliphatic heterocycles. The van der Waals surface area contributed by atoms with Crippen molar-refractivity contribution in [2.75, 3.05) is 13.6 Å². The summed E-state index contributed by atoms with van der Waals surface area (Å²) < 4.78 is 41.2. The minimum absolute atomic E-state index is 0.0434. The van der Waals surface area contributed by atoms with Crippen molar-refractivity contribution in [2.45, 2.75) is 37.1 Å². The van der Waals surface area contributed by atoms with E-state index in [1.165, 1.54) is 11.0 Å². The predicted molar refractivity (Wildman–Crippen MR) is 117 cm³/mol. The van der Waals surface area contributed by atoms with Crippen molar-refractivity contribution in [3.05, 3.63) is 63.9 Å². The molecule has 0 bridgehead atoms. The second kappa shape index (κ2) is 9.70. The van der Waals surface area contributed by atoms with Crippen LogP contribution >= 0.6 is 15.9 Å². The van der Waals surface area contributed by atoms with Crippen LogP contribution < -0.4 is 4.72 Å².